The summed E-state index contributed by atoms with van der Waals surface area (Å²) in [5, 5.41) is 6.12. The van der Waals surface area contributed by atoms with Crippen LogP contribution in [0.2, 0.25) is 0 Å². The SMILES string of the molecule is CNc1cncc(NC(C(=O)OC)C(C)C)c1. The van der Waals surface area contributed by atoms with Crippen molar-refractivity contribution in [1.29, 1.82) is 0 Å². The molecule has 0 spiro atoms. The van der Waals surface area contributed by atoms with Gasteiger partial charge in [0.15, 0.2) is 0 Å². The number of ether oxygens (including phenoxy) is 1. The number of esters is 1. The van der Waals surface area contributed by atoms with E-state index < -0.39 is 0 Å². The summed E-state index contributed by atoms with van der Waals surface area (Å²) in [6, 6.07) is 1.53. The summed E-state index contributed by atoms with van der Waals surface area (Å²) in [5.74, 6) is -0.129. The minimum atomic E-state index is -0.367. The monoisotopic (exact) mass is 237 g/mol. The van der Waals surface area contributed by atoms with Gasteiger partial charge in [-0.25, -0.2) is 4.79 Å². The molecule has 0 saturated carbocycles. The Morgan fingerprint density at radius 3 is 2.53 bits per heavy atom. The molecule has 1 aromatic rings. The molecule has 0 saturated heterocycles. The Morgan fingerprint density at radius 2 is 2.00 bits per heavy atom. The van der Waals surface area contributed by atoms with E-state index in [1.165, 1.54) is 7.11 Å². The van der Waals surface area contributed by atoms with Crippen molar-refractivity contribution in [2.45, 2.75) is 19.9 Å². The van der Waals surface area contributed by atoms with Crippen LogP contribution in [0.3, 0.4) is 0 Å². The number of aromatic nitrogens is 1. The number of hydrogen-bond donors (Lipinski definition) is 2. The highest BCUT2D eigenvalue weighted by molar-refractivity contribution is 5.79. The van der Waals surface area contributed by atoms with E-state index in [0.29, 0.717) is 0 Å². The van der Waals surface area contributed by atoms with E-state index in [1.807, 2.05) is 27.0 Å². The van der Waals surface area contributed by atoms with Crippen LogP contribution >= 0.6 is 0 Å². The molecule has 0 aromatic carbocycles. The smallest absolute Gasteiger partial charge is 0.328 e. The largest absolute Gasteiger partial charge is 0.467 e. The van der Waals surface area contributed by atoms with Gasteiger partial charge in [0.25, 0.3) is 0 Å². The highest BCUT2D eigenvalue weighted by atomic mass is 16.5. The lowest BCUT2D eigenvalue weighted by Crippen LogP contribution is -2.35. The van der Waals surface area contributed by atoms with Crippen LogP contribution in [0.15, 0.2) is 18.5 Å². The van der Waals surface area contributed by atoms with Gasteiger partial charge in [-0.05, 0) is 12.0 Å². The van der Waals surface area contributed by atoms with Crippen molar-refractivity contribution in [1.82, 2.24) is 4.98 Å². The highest BCUT2D eigenvalue weighted by Crippen LogP contribution is 2.16. The molecule has 5 heteroatoms. The zero-order valence-electron chi connectivity index (χ0n) is 10.7. The van der Waals surface area contributed by atoms with Crippen LogP contribution in [0, 0.1) is 5.92 Å². The molecule has 1 rings (SSSR count). The molecule has 1 atom stereocenters. The van der Waals surface area contributed by atoms with Crippen molar-refractivity contribution in [2.24, 2.45) is 5.92 Å². The average Bonchev–Trinajstić information content (AvgIpc) is 2.35. The summed E-state index contributed by atoms with van der Waals surface area (Å²) in [7, 11) is 3.21. The first kappa shape index (κ1) is 13.3. The van der Waals surface area contributed by atoms with Crippen LogP contribution in [0.1, 0.15) is 13.8 Å². The van der Waals surface area contributed by atoms with Gasteiger partial charge in [0.2, 0.25) is 0 Å². The quantitative estimate of drug-likeness (QED) is 0.764. The van der Waals surface area contributed by atoms with E-state index >= 15 is 0 Å². The van der Waals surface area contributed by atoms with Crippen molar-refractivity contribution >= 4 is 17.3 Å². The van der Waals surface area contributed by atoms with Gasteiger partial charge in [-0.2, -0.15) is 0 Å². The Morgan fingerprint density at radius 1 is 1.35 bits per heavy atom. The van der Waals surface area contributed by atoms with Crippen LogP contribution in [-0.4, -0.2) is 31.2 Å². The topological polar surface area (TPSA) is 63.2 Å². The van der Waals surface area contributed by atoms with Gasteiger partial charge in [-0.3, -0.25) is 4.98 Å². The maximum absolute atomic E-state index is 11.6. The van der Waals surface area contributed by atoms with Crippen molar-refractivity contribution < 1.29 is 9.53 Å². The van der Waals surface area contributed by atoms with Gasteiger partial charge in [-0.15, -0.1) is 0 Å². The molecule has 2 N–H and O–H groups in total. The maximum Gasteiger partial charge on any atom is 0.328 e. The normalized spacial score (nSPS) is 12.1. The van der Waals surface area contributed by atoms with Crippen LogP contribution in [-0.2, 0) is 9.53 Å². The lowest BCUT2D eigenvalue weighted by Gasteiger charge is -2.20. The molecule has 94 valence electrons. The Balaban J connectivity index is 2.82. The number of pyridine rings is 1. The fourth-order valence-corrected chi connectivity index (χ4v) is 1.46. The maximum atomic E-state index is 11.6. The Labute approximate surface area is 102 Å². The second kappa shape index (κ2) is 6.08. The third-order valence-electron chi connectivity index (χ3n) is 2.47. The molecule has 0 aliphatic carbocycles. The van der Waals surface area contributed by atoms with Crippen molar-refractivity contribution in [3.8, 4) is 0 Å². The summed E-state index contributed by atoms with van der Waals surface area (Å²) >= 11 is 0. The van der Waals surface area contributed by atoms with E-state index in [-0.39, 0.29) is 17.9 Å². The fourth-order valence-electron chi connectivity index (χ4n) is 1.46. The number of carbonyl (C=O) groups excluding carboxylic acids is 1. The number of nitrogens with zero attached hydrogens (tertiary/aromatic N) is 1. The summed E-state index contributed by atoms with van der Waals surface area (Å²) in [6.07, 6.45) is 3.40. The Kier molecular flexibility index (Phi) is 4.75. The third-order valence-corrected chi connectivity index (χ3v) is 2.47. The molecule has 1 unspecified atom stereocenters. The third kappa shape index (κ3) is 3.62. The van der Waals surface area contributed by atoms with Gasteiger partial charge in [-0.1, -0.05) is 13.8 Å². The Bertz CT molecular complexity index is 380. The summed E-state index contributed by atoms with van der Waals surface area (Å²) in [6.45, 7) is 3.92. The zero-order valence-corrected chi connectivity index (χ0v) is 10.7. The molecule has 5 nitrogen and oxygen atoms in total. The molecule has 0 radical (unpaired) electrons. The number of nitrogens with one attached hydrogen (secondary N) is 2. The second-order valence-electron chi connectivity index (χ2n) is 4.10. The molecule has 0 aliphatic heterocycles. The van der Waals surface area contributed by atoms with Gasteiger partial charge in [0.1, 0.15) is 6.04 Å². The zero-order chi connectivity index (χ0) is 12.8. The molecule has 0 aliphatic rings. The molecular weight excluding hydrogens is 218 g/mol. The summed E-state index contributed by atoms with van der Waals surface area (Å²) < 4.78 is 4.76. The van der Waals surface area contributed by atoms with E-state index in [2.05, 4.69) is 15.6 Å². The molecule has 1 aromatic heterocycles. The van der Waals surface area contributed by atoms with Gasteiger partial charge in [0, 0.05) is 7.05 Å². The molecule has 17 heavy (non-hydrogen) atoms. The minimum Gasteiger partial charge on any atom is -0.467 e. The van der Waals surface area contributed by atoms with Crippen molar-refractivity contribution in [2.75, 3.05) is 24.8 Å². The molecule has 0 bridgehead atoms. The van der Waals surface area contributed by atoms with Gasteiger partial charge in [0.05, 0.1) is 30.9 Å². The van der Waals surface area contributed by atoms with Gasteiger partial charge >= 0.3 is 5.97 Å². The second-order valence-corrected chi connectivity index (χ2v) is 4.10. The molecule has 0 fully saturated rings. The lowest BCUT2D eigenvalue weighted by atomic mass is 10.0. The summed E-state index contributed by atoms with van der Waals surface area (Å²) in [4.78, 5) is 15.7. The number of anilines is 2. The van der Waals surface area contributed by atoms with E-state index in [4.69, 9.17) is 4.74 Å². The van der Waals surface area contributed by atoms with Crippen LogP contribution < -0.4 is 10.6 Å². The van der Waals surface area contributed by atoms with E-state index in [9.17, 15) is 4.79 Å². The first-order valence-electron chi connectivity index (χ1n) is 5.55. The molecule has 1 heterocycles. The van der Waals surface area contributed by atoms with Crippen molar-refractivity contribution in [3.63, 3.8) is 0 Å². The predicted molar refractivity (Wildman–Crippen MR) is 68.0 cm³/mol. The predicted octanol–water partition coefficient (Wildman–Crippen LogP) is 1.73. The number of hydrogen-bond acceptors (Lipinski definition) is 5. The average molecular weight is 237 g/mol. The molecule has 0 amide bonds. The summed E-state index contributed by atoms with van der Waals surface area (Å²) in [5.41, 5.74) is 1.68. The van der Waals surface area contributed by atoms with Crippen molar-refractivity contribution in [3.05, 3.63) is 18.5 Å². The number of methoxy groups -OCH3 is 1. The fraction of sp³-hybridized carbons (Fsp3) is 0.500. The standard InChI is InChI=1S/C12H19N3O2/c1-8(2)11(12(16)17-4)15-10-5-9(13-3)6-14-7-10/h5-8,11,13,15H,1-4H3. The lowest BCUT2D eigenvalue weighted by molar-refractivity contribution is -0.142. The molecular formula is C12H19N3O2. The number of carbonyl (C=O) groups is 1. The van der Waals surface area contributed by atoms with Gasteiger partial charge < -0.3 is 15.4 Å². The Hall–Kier alpha value is -1.78. The van der Waals surface area contributed by atoms with Crippen LogP contribution in [0.5, 0.6) is 0 Å². The first-order valence-corrected chi connectivity index (χ1v) is 5.55. The van der Waals surface area contributed by atoms with E-state index in [1.54, 1.807) is 12.4 Å². The van der Waals surface area contributed by atoms with E-state index in [0.717, 1.165) is 11.4 Å². The first-order chi connectivity index (χ1) is 8.08. The number of rotatable bonds is 5. The highest BCUT2D eigenvalue weighted by Gasteiger charge is 2.22. The van der Waals surface area contributed by atoms with Crippen LogP contribution in [0.4, 0.5) is 11.4 Å². The van der Waals surface area contributed by atoms with Crippen LogP contribution in [0.25, 0.3) is 0 Å². The minimum absolute atomic E-state index is 0.140.